The summed E-state index contributed by atoms with van der Waals surface area (Å²) in [7, 11) is 1.28. The minimum absolute atomic E-state index is 0.187. The fraction of sp³-hybridized carbons (Fsp3) is 0.875. The second-order valence-electron chi connectivity index (χ2n) is 3.70. The third-order valence-electron chi connectivity index (χ3n) is 1.90. The Hall–Kier alpha value is -1.13. The summed E-state index contributed by atoms with van der Waals surface area (Å²) < 4.78 is 4.48. The van der Waals surface area contributed by atoms with Crippen LogP contribution in [0.3, 0.4) is 0 Å². The highest BCUT2D eigenvalue weighted by atomic mass is 16.6. The van der Waals surface area contributed by atoms with Crippen LogP contribution in [0.1, 0.15) is 27.2 Å². The Morgan fingerprint density at radius 1 is 1.62 bits per heavy atom. The maximum Gasteiger partial charge on any atom is 0.308 e. The van der Waals surface area contributed by atoms with Gasteiger partial charge in [-0.25, -0.2) is 0 Å². The zero-order valence-corrected chi connectivity index (χ0v) is 8.36. The lowest BCUT2D eigenvalue weighted by Crippen LogP contribution is -2.35. The molecule has 0 aromatic rings. The Morgan fingerprint density at radius 2 is 2.08 bits per heavy atom. The van der Waals surface area contributed by atoms with E-state index in [9.17, 15) is 14.9 Å². The first-order chi connectivity index (χ1) is 5.81. The molecule has 0 amide bonds. The molecule has 0 unspecified atom stereocenters. The third kappa shape index (κ3) is 3.40. The average molecular weight is 189 g/mol. The molecule has 0 aromatic carbocycles. The molecule has 0 fully saturated rings. The lowest BCUT2D eigenvalue weighted by atomic mass is 9.92. The molecule has 13 heavy (non-hydrogen) atoms. The number of carbonyl (C=O) groups is 1. The molecule has 0 aliphatic heterocycles. The lowest BCUT2D eigenvalue weighted by molar-refractivity contribution is -0.562. The molecule has 5 nitrogen and oxygen atoms in total. The van der Waals surface area contributed by atoms with Crippen LogP contribution in [-0.4, -0.2) is 23.5 Å². The van der Waals surface area contributed by atoms with Crippen molar-refractivity contribution < 1.29 is 14.5 Å². The molecule has 0 heterocycles. The molecule has 0 spiro atoms. The zero-order valence-electron chi connectivity index (χ0n) is 8.36. The monoisotopic (exact) mass is 189 g/mol. The van der Waals surface area contributed by atoms with Crippen LogP contribution in [-0.2, 0) is 9.53 Å². The summed E-state index contributed by atoms with van der Waals surface area (Å²) in [5.74, 6) is -0.847. The summed E-state index contributed by atoms with van der Waals surface area (Å²) in [6.45, 7) is 4.61. The van der Waals surface area contributed by atoms with Crippen LogP contribution in [0.2, 0.25) is 0 Å². The van der Waals surface area contributed by atoms with E-state index in [0.717, 1.165) is 0 Å². The fourth-order valence-corrected chi connectivity index (χ4v) is 1.11. The molecule has 0 saturated heterocycles. The minimum atomic E-state index is -1.08. The van der Waals surface area contributed by atoms with Crippen molar-refractivity contribution in [3.05, 3.63) is 10.1 Å². The van der Waals surface area contributed by atoms with Crippen LogP contribution in [0.25, 0.3) is 0 Å². The molecular weight excluding hydrogens is 174 g/mol. The molecular formula is C8H15NO4. The third-order valence-corrected chi connectivity index (χ3v) is 1.90. The number of hydrogen-bond acceptors (Lipinski definition) is 4. The van der Waals surface area contributed by atoms with Crippen molar-refractivity contribution in [3.8, 4) is 0 Å². The van der Waals surface area contributed by atoms with Gasteiger partial charge in [-0.05, 0) is 0 Å². The van der Waals surface area contributed by atoms with E-state index in [1.54, 1.807) is 6.92 Å². The molecule has 0 bridgehead atoms. The van der Waals surface area contributed by atoms with Crippen molar-refractivity contribution in [2.45, 2.75) is 32.7 Å². The van der Waals surface area contributed by atoms with Crippen LogP contribution in [0.15, 0.2) is 0 Å². The van der Waals surface area contributed by atoms with Crippen LogP contribution in [0, 0.1) is 16.0 Å². The van der Waals surface area contributed by atoms with Gasteiger partial charge >= 0.3 is 5.97 Å². The first-order valence-corrected chi connectivity index (χ1v) is 4.03. The Balaban J connectivity index is 4.27. The van der Waals surface area contributed by atoms with Gasteiger partial charge < -0.3 is 4.74 Å². The first-order valence-electron chi connectivity index (χ1n) is 4.03. The van der Waals surface area contributed by atoms with Gasteiger partial charge in [0, 0.05) is 25.2 Å². The maximum atomic E-state index is 11.0. The largest absolute Gasteiger partial charge is 0.469 e. The Bertz CT molecular complexity index is 212. The number of nitrogens with zero attached hydrogens (tertiary/aromatic N) is 1. The summed E-state index contributed by atoms with van der Waals surface area (Å²) >= 11 is 0. The molecule has 76 valence electrons. The number of esters is 1. The van der Waals surface area contributed by atoms with Gasteiger partial charge in [0.05, 0.1) is 13.0 Å². The van der Waals surface area contributed by atoms with Gasteiger partial charge in [-0.1, -0.05) is 6.92 Å². The van der Waals surface area contributed by atoms with E-state index < -0.39 is 17.4 Å². The van der Waals surface area contributed by atoms with Gasteiger partial charge in [0.2, 0.25) is 5.54 Å². The minimum Gasteiger partial charge on any atom is -0.469 e. The standard InChI is InChI=1S/C8H15NO4/c1-6(7(10)13-4)5-8(2,3)9(11)12/h6H,5H2,1-4H3/t6-/m0/s1. The smallest absolute Gasteiger partial charge is 0.308 e. The fourth-order valence-electron chi connectivity index (χ4n) is 1.11. The van der Waals surface area contributed by atoms with Crippen LogP contribution >= 0.6 is 0 Å². The van der Waals surface area contributed by atoms with E-state index in [0.29, 0.717) is 0 Å². The summed E-state index contributed by atoms with van der Waals surface area (Å²) in [6, 6.07) is 0. The van der Waals surface area contributed by atoms with E-state index >= 15 is 0 Å². The number of methoxy groups -OCH3 is 1. The van der Waals surface area contributed by atoms with Crippen molar-refractivity contribution in [2.75, 3.05) is 7.11 Å². The summed E-state index contributed by atoms with van der Waals surface area (Å²) in [5.41, 5.74) is -1.08. The van der Waals surface area contributed by atoms with Crippen molar-refractivity contribution >= 4 is 5.97 Å². The lowest BCUT2D eigenvalue weighted by Gasteiger charge is -2.18. The van der Waals surface area contributed by atoms with E-state index in [2.05, 4.69) is 4.74 Å². The number of nitro groups is 1. The molecule has 0 aliphatic carbocycles. The number of hydrogen-bond donors (Lipinski definition) is 0. The molecule has 0 radical (unpaired) electrons. The quantitative estimate of drug-likeness (QED) is 0.379. The van der Waals surface area contributed by atoms with Gasteiger partial charge in [0.15, 0.2) is 0 Å². The second-order valence-corrected chi connectivity index (χ2v) is 3.70. The molecule has 5 heteroatoms. The summed E-state index contributed by atoms with van der Waals surface area (Å²) in [5, 5.41) is 10.5. The summed E-state index contributed by atoms with van der Waals surface area (Å²) in [6.07, 6.45) is 0.187. The van der Waals surface area contributed by atoms with Gasteiger partial charge in [0.1, 0.15) is 0 Å². The Kier molecular flexibility index (Phi) is 3.84. The topological polar surface area (TPSA) is 69.4 Å². The molecule has 0 N–H and O–H groups in total. The van der Waals surface area contributed by atoms with Crippen LogP contribution < -0.4 is 0 Å². The van der Waals surface area contributed by atoms with Crippen molar-refractivity contribution in [1.29, 1.82) is 0 Å². The van der Waals surface area contributed by atoms with Crippen molar-refractivity contribution in [3.63, 3.8) is 0 Å². The molecule has 0 saturated carbocycles. The Morgan fingerprint density at radius 3 is 2.38 bits per heavy atom. The SMILES string of the molecule is COC(=O)[C@@H](C)CC(C)(C)[N+](=O)[O-]. The van der Waals surface area contributed by atoms with Crippen LogP contribution in [0.4, 0.5) is 0 Å². The second kappa shape index (κ2) is 4.20. The molecule has 0 aromatic heterocycles. The summed E-state index contributed by atoms with van der Waals surface area (Å²) in [4.78, 5) is 21.1. The number of carbonyl (C=O) groups excluding carboxylic acids is 1. The number of ether oxygens (including phenoxy) is 1. The van der Waals surface area contributed by atoms with E-state index in [1.165, 1.54) is 21.0 Å². The highest BCUT2D eigenvalue weighted by Gasteiger charge is 2.35. The molecule has 1 atom stereocenters. The predicted octanol–water partition coefficient (Wildman–Crippen LogP) is 1.24. The zero-order chi connectivity index (χ0) is 10.6. The van der Waals surface area contributed by atoms with Crippen molar-refractivity contribution in [1.82, 2.24) is 0 Å². The van der Waals surface area contributed by atoms with Gasteiger partial charge in [0.25, 0.3) is 0 Å². The average Bonchev–Trinajstić information content (AvgIpc) is 2.01. The van der Waals surface area contributed by atoms with E-state index in [4.69, 9.17) is 0 Å². The van der Waals surface area contributed by atoms with Crippen LogP contribution in [0.5, 0.6) is 0 Å². The van der Waals surface area contributed by atoms with Gasteiger partial charge in [-0.15, -0.1) is 0 Å². The van der Waals surface area contributed by atoms with Gasteiger partial charge in [-0.3, -0.25) is 14.9 Å². The number of rotatable bonds is 4. The first kappa shape index (κ1) is 11.9. The molecule has 0 aliphatic rings. The maximum absolute atomic E-state index is 11.0. The predicted molar refractivity (Wildman–Crippen MR) is 46.9 cm³/mol. The van der Waals surface area contributed by atoms with E-state index in [-0.39, 0.29) is 11.3 Å². The Labute approximate surface area is 77.2 Å². The van der Waals surface area contributed by atoms with Crippen molar-refractivity contribution in [2.24, 2.45) is 5.92 Å². The van der Waals surface area contributed by atoms with E-state index in [1.807, 2.05) is 0 Å². The normalized spacial score (nSPS) is 13.5. The molecule has 0 rings (SSSR count). The highest BCUT2D eigenvalue weighted by Crippen LogP contribution is 2.20. The van der Waals surface area contributed by atoms with Gasteiger partial charge in [-0.2, -0.15) is 0 Å². The highest BCUT2D eigenvalue weighted by molar-refractivity contribution is 5.71.